The van der Waals surface area contributed by atoms with Crippen LogP contribution in [0.5, 0.6) is 0 Å². The van der Waals surface area contributed by atoms with Crippen molar-refractivity contribution >= 4 is 0 Å². The first-order valence-corrected chi connectivity index (χ1v) is 8.47. The van der Waals surface area contributed by atoms with Gasteiger partial charge in [0.05, 0.1) is 0 Å². The quantitative estimate of drug-likeness (QED) is 0.437. The van der Waals surface area contributed by atoms with Crippen LogP contribution in [0.3, 0.4) is 0 Å². The van der Waals surface area contributed by atoms with Gasteiger partial charge in [-0.25, -0.2) is 0 Å². The molecule has 0 heterocycles. The fourth-order valence-corrected chi connectivity index (χ4v) is 7.81. The summed E-state index contributed by atoms with van der Waals surface area (Å²) in [4.78, 5) is 0. The SMILES string of the molecule is CC1C2C=CC1C1C3C(C)C(C4CCCCC43)C21. The van der Waals surface area contributed by atoms with E-state index >= 15 is 0 Å². The molecule has 5 rings (SSSR count). The molecule has 0 radical (unpaired) electrons. The van der Waals surface area contributed by atoms with Gasteiger partial charge in [0.2, 0.25) is 0 Å². The Bertz CT molecular complexity index is 372. The van der Waals surface area contributed by atoms with Gasteiger partial charge < -0.3 is 0 Å². The third-order valence-electron chi connectivity index (χ3n) is 8.07. The van der Waals surface area contributed by atoms with Crippen LogP contribution in [-0.2, 0) is 0 Å². The van der Waals surface area contributed by atoms with Crippen LogP contribution in [0.2, 0.25) is 0 Å². The summed E-state index contributed by atoms with van der Waals surface area (Å²) in [5.74, 6) is 10.7. The van der Waals surface area contributed by atoms with Gasteiger partial charge in [0.15, 0.2) is 0 Å². The Labute approximate surface area is 111 Å². The monoisotopic (exact) mass is 242 g/mol. The van der Waals surface area contributed by atoms with E-state index in [1.165, 1.54) is 12.8 Å². The summed E-state index contributed by atoms with van der Waals surface area (Å²) in [6.45, 7) is 5.16. The second-order valence-corrected chi connectivity index (χ2v) is 8.18. The van der Waals surface area contributed by atoms with Crippen LogP contribution in [0, 0.1) is 59.2 Å². The lowest BCUT2D eigenvalue weighted by Gasteiger charge is -2.44. The largest absolute Gasteiger partial charge is 0.0845 e. The summed E-state index contributed by atoms with van der Waals surface area (Å²) in [6, 6.07) is 0. The molecule has 0 aromatic carbocycles. The molecule has 5 aliphatic carbocycles. The van der Waals surface area contributed by atoms with Gasteiger partial charge in [-0.3, -0.25) is 0 Å². The smallest absolute Gasteiger partial charge is 0.0168 e. The summed E-state index contributed by atoms with van der Waals surface area (Å²) in [5.41, 5.74) is 0. The van der Waals surface area contributed by atoms with Gasteiger partial charge in [-0.2, -0.15) is 0 Å². The van der Waals surface area contributed by atoms with Crippen molar-refractivity contribution < 1.29 is 0 Å². The van der Waals surface area contributed by atoms with Gasteiger partial charge in [0.25, 0.3) is 0 Å². The minimum Gasteiger partial charge on any atom is -0.0845 e. The fraction of sp³-hybridized carbons (Fsp3) is 0.889. The molecule has 0 N–H and O–H groups in total. The van der Waals surface area contributed by atoms with Gasteiger partial charge in [0.1, 0.15) is 0 Å². The van der Waals surface area contributed by atoms with E-state index in [4.69, 9.17) is 0 Å². The zero-order valence-electron chi connectivity index (χ0n) is 11.8. The standard InChI is InChI=1S/C18H26/c1-9-11-7-8-12(9)18-16-10(2)15(17(11)18)13-5-3-4-6-14(13)16/h7-18H,3-6H2,1-2H3. The predicted molar refractivity (Wildman–Crippen MR) is 73.9 cm³/mol. The molecule has 0 heteroatoms. The van der Waals surface area contributed by atoms with Gasteiger partial charge in [0, 0.05) is 0 Å². The van der Waals surface area contributed by atoms with Crippen molar-refractivity contribution in [3.8, 4) is 0 Å². The molecular weight excluding hydrogens is 216 g/mol. The van der Waals surface area contributed by atoms with E-state index in [1.54, 1.807) is 12.8 Å². The van der Waals surface area contributed by atoms with Crippen LogP contribution in [0.15, 0.2) is 12.2 Å². The molecule has 4 fully saturated rings. The third kappa shape index (κ3) is 0.958. The molecule has 0 aromatic heterocycles. The van der Waals surface area contributed by atoms with Gasteiger partial charge in [-0.15, -0.1) is 0 Å². The van der Waals surface area contributed by atoms with Crippen LogP contribution >= 0.6 is 0 Å². The normalized spacial score (nSPS) is 67.4. The van der Waals surface area contributed by atoms with E-state index in [1.807, 2.05) is 0 Å². The van der Waals surface area contributed by atoms with E-state index in [9.17, 15) is 0 Å². The highest BCUT2D eigenvalue weighted by Gasteiger charge is 2.68. The Kier molecular flexibility index (Phi) is 1.90. The first kappa shape index (κ1) is 10.5. The Hall–Kier alpha value is -0.260. The molecule has 4 saturated carbocycles. The molecule has 18 heavy (non-hydrogen) atoms. The molecule has 8 atom stereocenters. The molecule has 0 aliphatic heterocycles. The van der Waals surface area contributed by atoms with Crippen molar-refractivity contribution in [3.63, 3.8) is 0 Å². The van der Waals surface area contributed by atoms with Gasteiger partial charge in [-0.1, -0.05) is 38.8 Å². The maximum Gasteiger partial charge on any atom is -0.0168 e. The lowest BCUT2D eigenvalue weighted by molar-refractivity contribution is 0.0579. The second-order valence-electron chi connectivity index (χ2n) is 8.18. The van der Waals surface area contributed by atoms with Crippen molar-refractivity contribution in [2.24, 2.45) is 59.2 Å². The zero-order chi connectivity index (χ0) is 12.0. The van der Waals surface area contributed by atoms with Gasteiger partial charge >= 0.3 is 0 Å². The molecule has 4 bridgehead atoms. The lowest BCUT2D eigenvalue weighted by Crippen LogP contribution is -2.38. The highest BCUT2D eigenvalue weighted by molar-refractivity contribution is 5.25. The Morgan fingerprint density at radius 1 is 0.667 bits per heavy atom. The Morgan fingerprint density at radius 3 is 1.67 bits per heavy atom. The lowest BCUT2D eigenvalue weighted by atomic mass is 9.61. The summed E-state index contributed by atoms with van der Waals surface area (Å²) >= 11 is 0. The van der Waals surface area contributed by atoms with Crippen LogP contribution in [0.1, 0.15) is 39.5 Å². The third-order valence-corrected chi connectivity index (χ3v) is 8.07. The molecule has 5 aliphatic rings. The minimum atomic E-state index is 0.973. The first-order valence-electron chi connectivity index (χ1n) is 8.47. The molecule has 0 amide bonds. The maximum absolute atomic E-state index is 2.62. The van der Waals surface area contributed by atoms with Crippen molar-refractivity contribution in [3.05, 3.63) is 12.2 Å². The fourth-order valence-electron chi connectivity index (χ4n) is 7.81. The highest BCUT2D eigenvalue weighted by atomic mass is 14.7. The average Bonchev–Trinajstić information content (AvgIpc) is 3.06. The summed E-state index contributed by atoms with van der Waals surface area (Å²) < 4.78 is 0. The number of rotatable bonds is 0. The molecule has 98 valence electrons. The van der Waals surface area contributed by atoms with Crippen LogP contribution < -0.4 is 0 Å². The second kappa shape index (κ2) is 3.25. The summed E-state index contributed by atoms with van der Waals surface area (Å²) in [7, 11) is 0. The first-order chi connectivity index (χ1) is 8.79. The van der Waals surface area contributed by atoms with Gasteiger partial charge in [-0.05, 0) is 72.0 Å². The van der Waals surface area contributed by atoms with E-state index in [0.29, 0.717) is 0 Å². The Morgan fingerprint density at radius 2 is 1.17 bits per heavy atom. The predicted octanol–water partition coefficient (Wildman–Crippen LogP) is 4.37. The molecule has 8 unspecified atom stereocenters. The number of hydrogen-bond acceptors (Lipinski definition) is 0. The number of fused-ring (bicyclic) bond motifs is 12. The topological polar surface area (TPSA) is 0 Å². The van der Waals surface area contributed by atoms with Crippen LogP contribution in [-0.4, -0.2) is 0 Å². The summed E-state index contributed by atoms with van der Waals surface area (Å²) in [5, 5.41) is 0. The Balaban J connectivity index is 1.60. The van der Waals surface area contributed by atoms with Crippen molar-refractivity contribution in [1.29, 1.82) is 0 Å². The number of allylic oxidation sites excluding steroid dienone is 2. The van der Waals surface area contributed by atoms with Crippen molar-refractivity contribution in [1.82, 2.24) is 0 Å². The van der Waals surface area contributed by atoms with E-state index in [2.05, 4.69) is 26.0 Å². The number of hydrogen-bond donors (Lipinski definition) is 0. The van der Waals surface area contributed by atoms with E-state index in [-0.39, 0.29) is 0 Å². The molecule has 0 spiro atoms. The average molecular weight is 242 g/mol. The van der Waals surface area contributed by atoms with E-state index < -0.39 is 0 Å². The highest BCUT2D eigenvalue weighted by Crippen LogP contribution is 2.73. The zero-order valence-corrected chi connectivity index (χ0v) is 11.8. The molecular formula is C18H26. The van der Waals surface area contributed by atoms with E-state index in [0.717, 1.165) is 59.2 Å². The van der Waals surface area contributed by atoms with Crippen molar-refractivity contribution in [2.45, 2.75) is 39.5 Å². The molecule has 0 saturated heterocycles. The summed E-state index contributed by atoms with van der Waals surface area (Å²) in [6.07, 6.45) is 11.5. The molecule has 0 nitrogen and oxygen atoms in total. The minimum absolute atomic E-state index is 0.973. The molecule has 0 aromatic rings. The van der Waals surface area contributed by atoms with Crippen LogP contribution in [0.25, 0.3) is 0 Å². The van der Waals surface area contributed by atoms with Crippen LogP contribution in [0.4, 0.5) is 0 Å². The van der Waals surface area contributed by atoms with Crippen molar-refractivity contribution in [2.75, 3.05) is 0 Å². The maximum atomic E-state index is 2.62.